The highest BCUT2D eigenvalue weighted by atomic mass is 79.9. The number of benzene rings is 2. The number of hydrogen-bond donors (Lipinski definition) is 2. The number of ether oxygens (including phenoxy) is 2. The van der Waals surface area contributed by atoms with Gasteiger partial charge in [-0.15, -0.1) is 0 Å². The van der Waals surface area contributed by atoms with E-state index in [1.165, 1.54) is 0 Å². The van der Waals surface area contributed by atoms with Crippen molar-refractivity contribution in [1.82, 2.24) is 10.6 Å². The van der Waals surface area contributed by atoms with Crippen LogP contribution in [0.3, 0.4) is 0 Å². The molecule has 1 aliphatic rings. The fourth-order valence-corrected chi connectivity index (χ4v) is 3.23. The van der Waals surface area contributed by atoms with E-state index < -0.39 is 0 Å². The van der Waals surface area contributed by atoms with E-state index in [9.17, 15) is 9.59 Å². The Labute approximate surface area is 170 Å². The fraction of sp³-hybridized carbons (Fsp3) is 0.263. The van der Waals surface area contributed by atoms with E-state index in [1.807, 2.05) is 6.07 Å². The predicted octanol–water partition coefficient (Wildman–Crippen LogP) is 3.31. The molecular formula is C19H18BrClN2O4. The van der Waals surface area contributed by atoms with Crippen LogP contribution >= 0.6 is 27.5 Å². The standard InChI is InChI=1S/C19H18BrClN2O4/c20-14-4-1-3-13(9-14)19(25)23-11-17(24)22-10-12-7-15(21)18-16(8-12)26-5-2-6-27-18/h1,3-4,7-9H,2,5-6,10-11H2,(H,22,24)(H,23,25). The minimum Gasteiger partial charge on any atom is -0.489 e. The molecule has 0 aliphatic carbocycles. The summed E-state index contributed by atoms with van der Waals surface area (Å²) in [5, 5.41) is 5.78. The molecule has 1 aliphatic heterocycles. The Kier molecular flexibility index (Phi) is 6.58. The zero-order valence-corrected chi connectivity index (χ0v) is 16.7. The fourth-order valence-electron chi connectivity index (χ4n) is 2.54. The molecule has 0 saturated carbocycles. The number of rotatable bonds is 5. The highest BCUT2D eigenvalue weighted by Gasteiger charge is 2.16. The highest BCUT2D eigenvalue weighted by Crippen LogP contribution is 2.37. The third-order valence-electron chi connectivity index (χ3n) is 3.85. The van der Waals surface area contributed by atoms with Gasteiger partial charge in [-0.05, 0) is 35.9 Å². The number of halogens is 2. The van der Waals surface area contributed by atoms with Gasteiger partial charge in [0.15, 0.2) is 11.5 Å². The maximum absolute atomic E-state index is 12.1. The Balaban J connectivity index is 1.53. The zero-order valence-electron chi connectivity index (χ0n) is 14.4. The maximum Gasteiger partial charge on any atom is 0.251 e. The van der Waals surface area contributed by atoms with Crippen molar-refractivity contribution in [3.63, 3.8) is 0 Å². The average molecular weight is 454 g/mol. The lowest BCUT2D eigenvalue weighted by atomic mass is 10.2. The largest absolute Gasteiger partial charge is 0.489 e. The summed E-state index contributed by atoms with van der Waals surface area (Å²) >= 11 is 9.55. The van der Waals surface area contributed by atoms with Gasteiger partial charge in [-0.1, -0.05) is 33.6 Å². The van der Waals surface area contributed by atoms with E-state index in [1.54, 1.807) is 30.3 Å². The topological polar surface area (TPSA) is 76.7 Å². The molecule has 0 spiro atoms. The van der Waals surface area contributed by atoms with Crippen molar-refractivity contribution in [2.75, 3.05) is 19.8 Å². The first-order valence-corrected chi connectivity index (χ1v) is 9.58. The van der Waals surface area contributed by atoms with Gasteiger partial charge < -0.3 is 20.1 Å². The summed E-state index contributed by atoms with van der Waals surface area (Å²) in [6.07, 6.45) is 0.786. The third-order valence-corrected chi connectivity index (χ3v) is 4.62. The van der Waals surface area contributed by atoms with E-state index >= 15 is 0 Å². The van der Waals surface area contributed by atoms with E-state index in [0.717, 1.165) is 16.5 Å². The molecule has 2 amide bonds. The molecule has 142 valence electrons. The number of amides is 2. The van der Waals surface area contributed by atoms with Crippen LogP contribution in [-0.2, 0) is 11.3 Å². The Morgan fingerprint density at radius 1 is 1.11 bits per heavy atom. The van der Waals surface area contributed by atoms with E-state index in [2.05, 4.69) is 26.6 Å². The molecule has 0 saturated heterocycles. The average Bonchev–Trinajstić information content (AvgIpc) is 2.90. The maximum atomic E-state index is 12.1. The lowest BCUT2D eigenvalue weighted by Crippen LogP contribution is -2.36. The van der Waals surface area contributed by atoms with E-state index in [-0.39, 0.29) is 24.9 Å². The summed E-state index contributed by atoms with van der Waals surface area (Å²) < 4.78 is 12.0. The van der Waals surface area contributed by atoms with Crippen molar-refractivity contribution in [3.05, 3.63) is 57.0 Å². The van der Waals surface area contributed by atoms with Gasteiger partial charge in [0.1, 0.15) is 0 Å². The highest BCUT2D eigenvalue weighted by molar-refractivity contribution is 9.10. The van der Waals surface area contributed by atoms with Crippen molar-refractivity contribution >= 4 is 39.3 Å². The first kappa shape index (κ1) is 19.5. The predicted molar refractivity (Wildman–Crippen MR) is 105 cm³/mol. The minimum atomic E-state index is -0.315. The van der Waals surface area contributed by atoms with E-state index in [4.69, 9.17) is 21.1 Å². The second kappa shape index (κ2) is 9.10. The van der Waals surface area contributed by atoms with Crippen LogP contribution in [0.2, 0.25) is 5.02 Å². The first-order valence-electron chi connectivity index (χ1n) is 8.41. The SMILES string of the molecule is O=C(CNC(=O)c1cccc(Br)c1)NCc1cc(Cl)c2c(c1)OCCCO2. The molecule has 8 heteroatoms. The van der Waals surface area contributed by atoms with Crippen LogP contribution in [0.25, 0.3) is 0 Å². The Morgan fingerprint density at radius 2 is 1.93 bits per heavy atom. The van der Waals surface area contributed by atoms with Crippen molar-refractivity contribution in [2.45, 2.75) is 13.0 Å². The molecule has 0 fully saturated rings. The number of carbonyl (C=O) groups is 2. The molecule has 0 radical (unpaired) electrons. The number of carbonyl (C=O) groups excluding carboxylic acids is 2. The molecule has 3 rings (SSSR count). The van der Waals surface area contributed by atoms with Gasteiger partial charge in [0.25, 0.3) is 5.91 Å². The van der Waals surface area contributed by atoms with Crippen LogP contribution in [0, 0.1) is 0 Å². The van der Waals surface area contributed by atoms with Gasteiger partial charge in [-0.25, -0.2) is 0 Å². The normalized spacial score (nSPS) is 12.8. The molecule has 2 aromatic carbocycles. The molecule has 1 heterocycles. The zero-order chi connectivity index (χ0) is 19.2. The summed E-state index contributed by atoms with van der Waals surface area (Å²) in [4.78, 5) is 24.1. The van der Waals surface area contributed by atoms with Gasteiger partial charge in [-0.3, -0.25) is 9.59 Å². The lowest BCUT2D eigenvalue weighted by molar-refractivity contribution is -0.120. The molecule has 27 heavy (non-hydrogen) atoms. The van der Waals surface area contributed by atoms with Crippen molar-refractivity contribution in [2.24, 2.45) is 0 Å². The summed E-state index contributed by atoms with van der Waals surface area (Å²) in [7, 11) is 0. The second-order valence-electron chi connectivity index (χ2n) is 5.93. The Hall–Kier alpha value is -2.25. The van der Waals surface area contributed by atoms with Crippen LogP contribution in [0.15, 0.2) is 40.9 Å². The van der Waals surface area contributed by atoms with E-state index in [0.29, 0.717) is 35.3 Å². The number of hydrogen-bond acceptors (Lipinski definition) is 4. The molecule has 6 nitrogen and oxygen atoms in total. The van der Waals surface area contributed by atoms with Crippen molar-refractivity contribution in [3.8, 4) is 11.5 Å². The van der Waals surface area contributed by atoms with Crippen molar-refractivity contribution < 1.29 is 19.1 Å². The summed E-state index contributed by atoms with van der Waals surface area (Å²) in [6, 6.07) is 10.5. The van der Waals surface area contributed by atoms with Crippen LogP contribution < -0.4 is 20.1 Å². The lowest BCUT2D eigenvalue weighted by Gasteiger charge is -2.12. The molecule has 0 atom stereocenters. The molecule has 0 aromatic heterocycles. The summed E-state index contributed by atoms with van der Waals surface area (Å²) in [6.45, 7) is 1.26. The number of fused-ring (bicyclic) bond motifs is 1. The van der Waals surface area contributed by atoms with Crippen molar-refractivity contribution in [1.29, 1.82) is 0 Å². The van der Waals surface area contributed by atoms with Gasteiger partial charge >= 0.3 is 0 Å². The van der Waals surface area contributed by atoms with Crippen LogP contribution in [0.1, 0.15) is 22.3 Å². The molecule has 2 aromatic rings. The smallest absolute Gasteiger partial charge is 0.251 e. The number of nitrogens with one attached hydrogen (secondary N) is 2. The second-order valence-corrected chi connectivity index (χ2v) is 7.25. The molecule has 0 unspecified atom stereocenters. The minimum absolute atomic E-state index is 0.121. The van der Waals surface area contributed by atoms with Gasteiger partial charge in [0, 0.05) is 23.0 Å². The molecular weight excluding hydrogens is 436 g/mol. The van der Waals surface area contributed by atoms with Gasteiger partial charge in [-0.2, -0.15) is 0 Å². The monoisotopic (exact) mass is 452 g/mol. The first-order chi connectivity index (χ1) is 13.0. The van der Waals surface area contributed by atoms with Gasteiger partial charge in [0.2, 0.25) is 5.91 Å². The summed E-state index contributed by atoms with van der Waals surface area (Å²) in [5.74, 6) is 0.490. The van der Waals surface area contributed by atoms with Crippen LogP contribution in [0.4, 0.5) is 0 Å². The van der Waals surface area contributed by atoms with Crippen LogP contribution in [-0.4, -0.2) is 31.6 Å². The third kappa shape index (κ3) is 5.37. The Bertz CT molecular complexity index is 860. The van der Waals surface area contributed by atoms with Crippen LogP contribution in [0.5, 0.6) is 11.5 Å². The molecule has 0 bridgehead atoms. The quantitative estimate of drug-likeness (QED) is 0.728. The summed E-state index contributed by atoms with van der Waals surface area (Å²) in [5.41, 5.74) is 1.27. The molecule has 2 N–H and O–H groups in total. The van der Waals surface area contributed by atoms with Gasteiger partial charge in [0.05, 0.1) is 24.8 Å². The Morgan fingerprint density at radius 3 is 2.74 bits per heavy atom.